The minimum absolute atomic E-state index is 0.643. The molecule has 0 aliphatic rings. The Bertz CT molecular complexity index is 1700. The molecular formula is C39H39BrO3Sn. The van der Waals surface area contributed by atoms with E-state index in [2.05, 4.69) is 130 Å². The summed E-state index contributed by atoms with van der Waals surface area (Å²) in [7, 11) is 0. The van der Waals surface area contributed by atoms with Gasteiger partial charge in [-0.1, -0.05) is 0 Å². The molecule has 0 N–H and O–H groups in total. The zero-order chi connectivity index (χ0) is 30.5. The molecule has 0 spiro atoms. The van der Waals surface area contributed by atoms with Gasteiger partial charge in [-0.3, -0.25) is 0 Å². The van der Waals surface area contributed by atoms with Crippen LogP contribution in [0.25, 0.3) is 32.3 Å². The van der Waals surface area contributed by atoms with E-state index < -0.39 is 16.2 Å². The van der Waals surface area contributed by atoms with Gasteiger partial charge in [-0.15, -0.1) is 0 Å². The van der Waals surface area contributed by atoms with Crippen LogP contribution in [-0.2, 0) is 0 Å². The molecule has 0 heterocycles. The second-order valence-electron chi connectivity index (χ2n) is 11.2. The van der Waals surface area contributed by atoms with Gasteiger partial charge in [0.05, 0.1) is 0 Å². The Morgan fingerprint density at radius 1 is 0.432 bits per heavy atom. The Morgan fingerprint density at radius 3 is 1.02 bits per heavy atom. The molecule has 6 aromatic carbocycles. The third-order valence-electron chi connectivity index (χ3n) is 8.09. The van der Waals surface area contributed by atoms with Crippen molar-refractivity contribution in [1.82, 2.24) is 0 Å². The third-order valence-corrected chi connectivity index (χ3v) is 26.4. The summed E-state index contributed by atoms with van der Waals surface area (Å²) in [6.07, 6.45) is 2.78. The first kappa shape index (κ1) is 30.8. The van der Waals surface area contributed by atoms with Crippen molar-refractivity contribution < 1.29 is 14.2 Å². The van der Waals surface area contributed by atoms with E-state index in [9.17, 15) is 0 Å². The van der Waals surface area contributed by atoms with Crippen molar-refractivity contribution in [2.24, 2.45) is 0 Å². The fraction of sp³-hybridized carbons (Fsp3) is 0.231. The van der Waals surface area contributed by atoms with Crippen LogP contribution in [0.2, 0.25) is 0 Å². The monoisotopic (exact) mass is 754 g/mol. The molecule has 6 aromatic rings. The fourth-order valence-electron chi connectivity index (χ4n) is 6.19. The van der Waals surface area contributed by atoms with Gasteiger partial charge >= 0.3 is 272 Å². The SMILES string of the molecule is CCCOc1ccc2ccccc2[c]1[Sn]([Br])([c]1c(OCCC)ccc2ccccc12)[c]1c(OCCC)ccc2ccccc12. The first-order valence-corrected chi connectivity index (χ1v) is 26.4. The first-order valence-electron chi connectivity index (χ1n) is 15.8. The Kier molecular flexibility index (Phi) is 9.67. The molecule has 224 valence electrons. The molecule has 44 heavy (non-hydrogen) atoms. The van der Waals surface area contributed by atoms with Gasteiger partial charge in [-0.05, 0) is 0 Å². The van der Waals surface area contributed by atoms with Crippen molar-refractivity contribution in [2.75, 3.05) is 19.8 Å². The Labute approximate surface area is 270 Å². The summed E-state index contributed by atoms with van der Waals surface area (Å²) >= 11 is 0.381. The van der Waals surface area contributed by atoms with Crippen LogP contribution in [0.4, 0.5) is 0 Å². The number of halogens is 1. The first-order chi connectivity index (χ1) is 21.6. The van der Waals surface area contributed by atoms with Crippen molar-refractivity contribution in [3.8, 4) is 17.2 Å². The van der Waals surface area contributed by atoms with Crippen LogP contribution < -0.4 is 24.9 Å². The molecule has 0 aliphatic heterocycles. The molecule has 0 aromatic heterocycles. The Hall–Kier alpha value is -3.22. The van der Waals surface area contributed by atoms with E-state index in [4.69, 9.17) is 26.9 Å². The molecular weight excluding hydrogens is 715 g/mol. The molecule has 0 radical (unpaired) electrons. The second-order valence-corrected chi connectivity index (χ2v) is 27.2. The molecule has 0 saturated carbocycles. The van der Waals surface area contributed by atoms with Gasteiger partial charge in [0.1, 0.15) is 0 Å². The summed E-state index contributed by atoms with van der Waals surface area (Å²) in [6, 6.07) is 39.3. The van der Waals surface area contributed by atoms with Gasteiger partial charge in [0.15, 0.2) is 0 Å². The third kappa shape index (κ3) is 5.67. The Morgan fingerprint density at radius 2 is 0.727 bits per heavy atom. The van der Waals surface area contributed by atoms with E-state index >= 15 is 0 Å². The molecule has 0 amide bonds. The van der Waals surface area contributed by atoms with Crippen LogP contribution in [0.1, 0.15) is 40.0 Å². The van der Waals surface area contributed by atoms with Crippen molar-refractivity contribution in [2.45, 2.75) is 40.0 Å². The van der Waals surface area contributed by atoms with E-state index in [1.807, 2.05) is 0 Å². The minimum atomic E-state index is -4.39. The predicted molar refractivity (Wildman–Crippen MR) is 193 cm³/mol. The van der Waals surface area contributed by atoms with Gasteiger partial charge in [-0.25, -0.2) is 0 Å². The van der Waals surface area contributed by atoms with E-state index in [0.29, 0.717) is 19.8 Å². The molecule has 6 rings (SSSR count). The average molecular weight is 754 g/mol. The summed E-state index contributed by atoms with van der Waals surface area (Å²) in [4.78, 5) is 0. The molecule has 0 bridgehead atoms. The summed E-state index contributed by atoms with van der Waals surface area (Å²) in [5.41, 5.74) is 0. The van der Waals surface area contributed by atoms with Gasteiger partial charge in [0.25, 0.3) is 0 Å². The molecule has 0 saturated heterocycles. The van der Waals surface area contributed by atoms with E-state index in [-0.39, 0.29) is 0 Å². The van der Waals surface area contributed by atoms with E-state index in [0.717, 1.165) is 36.5 Å². The van der Waals surface area contributed by atoms with Crippen LogP contribution in [0.3, 0.4) is 0 Å². The van der Waals surface area contributed by atoms with Gasteiger partial charge in [0, 0.05) is 0 Å². The van der Waals surface area contributed by atoms with Crippen molar-refractivity contribution in [3.05, 3.63) is 109 Å². The zero-order valence-electron chi connectivity index (χ0n) is 25.7. The normalized spacial score (nSPS) is 11.7. The van der Waals surface area contributed by atoms with Gasteiger partial charge < -0.3 is 0 Å². The van der Waals surface area contributed by atoms with Crippen LogP contribution in [0.15, 0.2) is 109 Å². The Balaban J connectivity index is 1.86. The van der Waals surface area contributed by atoms with Crippen LogP contribution in [-0.4, -0.2) is 36.0 Å². The summed E-state index contributed by atoms with van der Waals surface area (Å²) < 4.78 is 23.8. The van der Waals surface area contributed by atoms with Crippen molar-refractivity contribution >= 4 is 71.9 Å². The standard InChI is InChI=1S/3C13H13O.BrH.Sn/c3*1-2-9-14-13-8-7-11-5-3-4-6-12(11)10-13;;/h3*3-8H,2,9H2,1H3;1H;/q;;;;+1/p-1. The number of benzene rings is 6. The second kappa shape index (κ2) is 13.8. The number of hydrogen-bond acceptors (Lipinski definition) is 3. The summed E-state index contributed by atoms with van der Waals surface area (Å²) in [5.74, 6) is 2.80. The molecule has 0 fully saturated rings. The molecule has 0 atom stereocenters. The van der Waals surface area contributed by atoms with E-state index in [1.165, 1.54) is 43.1 Å². The molecule has 0 aliphatic carbocycles. The summed E-state index contributed by atoms with van der Waals surface area (Å²) in [5, 5.41) is 7.20. The van der Waals surface area contributed by atoms with Crippen LogP contribution >= 0.6 is 12.7 Å². The van der Waals surface area contributed by atoms with E-state index in [1.54, 1.807) is 0 Å². The van der Waals surface area contributed by atoms with Crippen molar-refractivity contribution in [3.63, 3.8) is 0 Å². The van der Waals surface area contributed by atoms with Gasteiger partial charge in [-0.2, -0.15) is 0 Å². The fourth-order valence-corrected chi connectivity index (χ4v) is 25.9. The van der Waals surface area contributed by atoms with Crippen LogP contribution in [0, 0.1) is 0 Å². The zero-order valence-corrected chi connectivity index (χ0v) is 30.2. The number of hydrogen-bond donors (Lipinski definition) is 0. The van der Waals surface area contributed by atoms with Gasteiger partial charge in [0.2, 0.25) is 0 Å². The maximum atomic E-state index is 6.69. The average Bonchev–Trinajstić information content (AvgIpc) is 3.07. The quantitative estimate of drug-likeness (QED) is 0.117. The molecule has 3 nitrogen and oxygen atoms in total. The topological polar surface area (TPSA) is 27.7 Å². The number of rotatable bonds is 12. The summed E-state index contributed by atoms with van der Waals surface area (Å²) in [6.45, 7) is 8.41. The predicted octanol–water partition coefficient (Wildman–Crippen LogP) is 8.87. The number of ether oxygens (including phenoxy) is 3. The van der Waals surface area contributed by atoms with Crippen molar-refractivity contribution in [1.29, 1.82) is 0 Å². The van der Waals surface area contributed by atoms with Crippen LogP contribution in [0.5, 0.6) is 17.2 Å². The molecule has 0 unspecified atom stereocenters. The molecule has 5 heteroatoms. The number of fused-ring (bicyclic) bond motifs is 3. The maximum absolute atomic E-state index is 6.69.